The second kappa shape index (κ2) is 13.8. The predicted octanol–water partition coefficient (Wildman–Crippen LogP) is 3.42. The Morgan fingerprint density at radius 1 is 1.12 bits per heavy atom. The van der Waals surface area contributed by atoms with E-state index in [4.69, 9.17) is 10.5 Å². The summed E-state index contributed by atoms with van der Waals surface area (Å²) < 4.78 is 7.58. The van der Waals surface area contributed by atoms with Gasteiger partial charge < -0.3 is 25.3 Å². The molecule has 9 nitrogen and oxygen atoms in total. The molecule has 0 bridgehead atoms. The molecular formula is C31H37N5O4S. The highest BCUT2D eigenvalue weighted by Crippen LogP contribution is 2.26. The molecule has 41 heavy (non-hydrogen) atoms. The van der Waals surface area contributed by atoms with E-state index in [9.17, 15) is 14.4 Å². The number of thioether (sulfide) groups is 1. The minimum Gasteiger partial charge on any atom is -0.374 e. The van der Waals surface area contributed by atoms with Gasteiger partial charge in [0.1, 0.15) is 12.1 Å². The topological polar surface area (TPSA) is 120 Å². The summed E-state index contributed by atoms with van der Waals surface area (Å²) in [6, 6.07) is 17.7. The van der Waals surface area contributed by atoms with Crippen molar-refractivity contribution in [2.75, 3.05) is 24.8 Å². The number of rotatable bonds is 12. The van der Waals surface area contributed by atoms with Crippen molar-refractivity contribution in [1.29, 1.82) is 0 Å². The molecular weight excluding hydrogens is 538 g/mol. The molecule has 1 fully saturated rings. The first-order chi connectivity index (χ1) is 19.6. The number of benzene rings is 2. The number of amides is 2. The molecule has 2 amide bonds. The molecule has 2 atom stereocenters. The van der Waals surface area contributed by atoms with E-state index in [1.54, 1.807) is 49.6 Å². The standard InChI is InChI=1S/C31H37N5O4S/c1-22(16-27(37)26(34-30(39)31(2,3)32)19-40-18-23-10-6-4-7-11-23)25-17-36(20-33-25)28(24-12-8-5-9-13-24)29(38)35-14-15-41-21-35/h4-13,16-17,20,26,28H,14-15,18-19,21,32H2,1-3H3,(H,34,39)/t26-,28?/m1/s1. The van der Waals surface area contributed by atoms with Gasteiger partial charge in [-0.3, -0.25) is 14.4 Å². The van der Waals surface area contributed by atoms with Crippen molar-refractivity contribution in [1.82, 2.24) is 19.8 Å². The highest BCUT2D eigenvalue weighted by molar-refractivity contribution is 7.99. The fraction of sp³-hybridized carbons (Fsp3) is 0.355. The molecule has 10 heteroatoms. The smallest absolute Gasteiger partial charge is 0.251 e. The summed E-state index contributed by atoms with van der Waals surface area (Å²) in [4.78, 5) is 45.9. The summed E-state index contributed by atoms with van der Waals surface area (Å²) in [6.45, 7) is 5.91. The van der Waals surface area contributed by atoms with Crippen molar-refractivity contribution in [2.24, 2.45) is 5.73 Å². The van der Waals surface area contributed by atoms with E-state index >= 15 is 0 Å². The normalized spacial score (nSPS) is 15.4. The lowest BCUT2D eigenvalue weighted by molar-refractivity contribution is -0.132. The molecule has 1 saturated heterocycles. The maximum Gasteiger partial charge on any atom is 0.251 e. The Morgan fingerprint density at radius 3 is 2.44 bits per heavy atom. The molecule has 1 unspecified atom stereocenters. The van der Waals surface area contributed by atoms with E-state index in [0.29, 0.717) is 30.3 Å². The van der Waals surface area contributed by atoms with Gasteiger partial charge in [-0.1, -0.05) is 60.7 Å². The van der Waals surface area contributed by atoms with Crippen LogP contribution in [0.2, 0.25) is 0 Å². The highest BCUT2D eigenvalue weighted by atomic mass is 32.2. The number of nitrogens with zero attached hydrogens (tertiary/aromatic N) is 3. The molecule has 216 valence electrons. The zero-order chi connectivity index (χ0) is 29.4. The maximum atomic E-state index is 13.5. The average molecular weight is 576 g/mol. The first-order valence-corrected chi connectivity index (χ1v) is 14.7. The lowest BCUT2D eigenvalue weighted by Crippen LogP contribution is -2.55. The monoisotopic (exact) mass is 575 g/mol. The Labute approximate surface area is 245 Å². The van der Waals surface area contributed by atoms with Gasteiger partial charge in [0.05, 0.1) is 36.7 Å². The molecule has 1 aliphatic rings. The van der Waals surface area contributed by atoms with Crippen molar-refractivity contribution >= 4 is 34.9 Å². The SMILES string of the molecule is CC(=CC(=O)[C@@H](COCc1ccccc1)NC(=O)C(C)(C)N)c1cn(C(C(=O)N2CCSC2)c2ccccc2)cn1. The number of nitrogens with two attached hydrogens (primary N) is 1. The number of ether oxygens (including phenoxy) is 1. The van der Waals surface area contributed by atoms with E-state index in [1.807, 2.05) is 65.6 Å². The van der Waals surface area contributed by atoms with Gasteiger partial charge in [-0.2, -0.15) is 0 Å². The molecule has 0 saturated carbocycles. The van der Waals surface area contributed by atoms with Crippen molar-refractivity contribution in [3.63, 3.8) is 0 Å². The van der Waals surface area contributed by atoms with Crippen LogP contribution in [0.3, 0.4) is 0 Å². The number of aromatic nitrogens is 2. The lowest BCUT2D eigenvalue weighted by atomic mass is 10.0. The maximum absolute atomic E-state index is 13.5. The number of imidazole rings is 1. The second-order valence-electron chi connectivity index (χ2n) is 10.6. The van der Waals surface area contributed by atoms with Gasteiger partial charge in [0, 0.05) is 18.5 Å². The van der Waals surface area contributed by atoms with E-state index in [1.165, 1.54) is 6.08 Å². The number of ketones is 1. The van der Waals surface area contributed by atoms with Crippen LogP contribution in [0.5, 0.6) is 0 Å². The Kier molecular flexibility index (Phi) is 10.1. The number of carbonyl (C=O) groups excluding carboxylic acids is 3. The van der Waals surface area contributed by atoms with Crippen LogP contribution >= 0.6 is 11.8 Å². The van der Waals surface area contributed by atoms with Crippen molar-refractivity contribution < 1.29 is 19.1 Å². The van der Waals surface area contributed by atoms with Crippen molar-refractivity contribution in [2.45, 2.75) is 45.0 Å². The molecule has 0 spiro atoms. The van der Waals surface area contributed by atoms with Crippen LogP contribution < -0.4 is 11.1 Å². The number of hydrogen-bond acceptors (Lipinski definition) is 7. The molecule has 1 aliphatic heterocycles. The van der Waals surface area contributed by atoms with Crippen LogP contribution in [-0.2, 0) is 25.7 Å². The lowest BCUT2D eigenvalue weighted by Gasteiger charge is -2.24. The van der Waals surface area contributed by atoms with Crippen LogP contribution in [0.15, 0.2) is 79.3 Å². The first-order valence-electron chi connectivity index (χ1n) is 13.5. The Bertz CT molecular complexity index is 1360. The van der Waals surface area contributed by atoms with E-state index in [0.717, 1.165) is 16.9 Å². The fourth-order valence-corrected chi connectivity index (χ4v) is 5.27. The Hall–Kier alpha value is -3.73. The van der Waals surface area contributed by atoms with E-state index in [-0.39, 0.29) is 18.3 Å². The zero-order valence-corrected chi connectivity index (χ0v) is 24.5. The quantitative estimate of drug-likeness (QED) is 0.318. The minimum absolute atomic E-state index is 0.00518. The van der Waals surface area contributed by atoms with Gasteiger partial charge in [0.15, 0.2) is 5.78 Å². The summed E-state index contributed by atoms with van der Waals surface area (Å²) in [5.74, 6) is 0.786. The average Bonchev–Trinajstić information content (AvgIpc) is 3.66. The summed E-state index contributed by atoms with van der Waals surface area (Å²) >= 11 is 1.73. The predicted molar refractivity (Wildman–Crippen MR) is 161 cm³/mol. The third kappa shape index (κ3) is 8.16. The van der Waals surface area contributed by atoms with Gasteiger partial charge >= 0.3 is 0 Å². The largest absolute Gasteiger partial charge is 0.374 e. The third-order valence-corrected chi connectivity index (χ3v) is 7.67. The molecule has 2 aromatic carbocycles. The van der Waals surface area contributed by atoms with Crippen molar-refractivity contribution in [3.8, 4) is 0 Å². The summed E-state index contributed by atoms with van der Waals surface area (Å²) in [7, 11) is 0. The van der Waals surface area contributed by atoms with Gasteiger partial charge in [0.25, 0.3) is 5.91 Å². The number of carbonyl (C=O) groups is 3. The first kappa shape index (κ1) is 30.2. The van der Waals surface area contributed by atoms with Crippen LogP contribution in [0, 0.1) is 0 Å². The highest BCUT2D eigenvalue weighted by Gasteiger charge is 2.30. The molecule has 4 rings (SSSR count). The minimum atomic E-state index is -1.16. The summed E-state index contributed by atoms with van der Waals surface area (Å²) in [5, 5.41) is 2.73. The van der Waals surface area contributed by atoms with Crippen LogP contribution in [0.4, 0.5) is 0 Å². The Balaban J connectivity index is 1.53. The third-order valence-electron chi connectivity index (χ3n) is 6.71. The summed E-state index contributed by atoms with van der Waals surface area (Å²) in [6.07, 6.45) is 4.85. The fourth-order valence-electron chi connectivity index (χ4n) is 4.32. The molecule has 3 aromatic rings. The van der Waals surface area contributed by atoms with Gasteiger partial charge in [0.2, 0.25) is 5.91 Å². The molecule has 0 aliphatic carbocycles. The second-order valence-corrected chi connectivity index (χ2v) is 11.7. The summed E-state index contributed by atoms with van der Waals surface area (Å²) in [5.41, 5.74) is 7.76. The van der Waals surface area contributed by atoms with Gasteiger partial charge in [-0.05, 0) is 43.5 Å². The molecule has 0 radical (unpaired) electrons. The van der Waals surface area contributed by atoms with E-state index in [2.05, 4.69) is 10.3 Å². The molecule has 1 aromatic heterocycles. The number of nitrogens with one attached hydrogen (secondary N) is 1. The molecule has 2 heterocycles. The zero-order valence-electron chi connectivity index (χ0n) is 23.7. The van der Waals surface area contributed by atoms with Crippen LogP contribution in [0.1, 0.15) is 43.6 Å². The van der Waals surface area contributed by atoms with Crippen LogP contribution in [-0.4, -0.2) is 68.4 Å². The molecule has 3 N–H and O–H groups in total. The van der Waals surface area contributed by atoms with E-state index < -0.39 is 23.5 Å². The van der Waals surface area contributed by atoms with Crippen LogP contribution in [0.25, 0.3) is 5.57 Å². The van der Waals surface area contributed by atoms with Crippen molar-refractivity contribution in [3.05, 3.63) is 96.1 Å². The Morgan fingerprint density at radius 2 is 1.80 bits per heavy atom. The number of allylic oxidation sites excluding steroid dienone is 1. The number of hydrogen-bond donors (Lipinski definition) is 2. The van der Waals surface area contributed by atoms with Gasteiger partial charge in [-0.25, -0.2) is 4.98 Å². The van der Waals surface area contributed by atoms with Gasteiger partial charge in [-0.15, -0.1) is 11.8 Å².